The predicted octanol–water partition coefficient (Wildman–Crippen LogP) is 1.97. The maximum absolute atomic E-state index is 12.3. The molecule has 3 heterocycles. The Morgan fingerprint density at radius 3 is 2.48 bits per heavy atom. The Morgan fingerprint density at radius 1 is 1.19 bits per heavy atom. The van der Waals surface area contributed by atoms with Crippen LogP contribution in [0.2, 0.25) is 0 Å². The van der Waals surface area contributed by atoms with Crippen molar-refractivity contribution in [2.75, 3.05) is 32.8 Å². The van der Waals surface area contributed by atoms with Crippen molar-refractivity contribution < 1.29 is 14.3 Å². The monoisotopic (exact) mass is 372 g/mol. The summed E-state index contributed by atoms with van der Waals surface area (Å²) < 4.78 is 6.40. The van der Waals surface area contributed by atoms with Gasteiger partial charge in [0.25, 0.3) is 11.8 Å². The lowest BCUT2D eigenvalue weighted by Gasteiger charge is -2.35. The molecule has 1 aromatic heterocycles. The van der Waals surface area contributed by atoms with Gasteiger partial charge in [0, 0.05) is 32.8 Å². The van der Waals surface area contributed by atoms with E-state index in [4.69, 9.17) is 4.74 Å². The van der Waals surface area contributed by atoms with Crippen LogP contribution in [0.4, 0.5) is 0 Å². The minimum absolute atomic E-state index is 0.0508. The van der Waals surface area contributed by atoms with Crippen molar-refractivity contribution in [3.63, 3.8) is 0 Å². The van der Waals surface area contributed by atoms with E-state index in [1.54, 1.807) is 0 Å². The zero-order valence-electron chi connectivity index (χ0n) is 11.6. The minimum atomic E-state index is -0.263. The van der Waals surface area contributed by atoms with E-state index in [0.717, 1.165) is 21.5 Å². The highest BCUT2D eigenvalue weighted by Crippen LogP contribution is 2.24. The van der Waals surface area contributed by atoms with Gasteiger partial charge in [-0.05, 0) is 40.9 Å². The molecule has 2 amide bonds. The highest BCUT2D eigenvalue weighted by Gasteiger charge is 2.31. The summed E-state index contributed by atoms with van der Waals surface area (Å²) in [5, 5.41) is 0. The fraction of sp³-hybridized carbons (Fsp3) is 0.571. The van der Waals surface area contributed by atoms with Crippen molar-refractivity contribution in [3.8, 4) is 0 Å². The molecule has 2 aliphatic rings. The van der Waals surface area contributed by atoms with Crippen LogP contribution < -0.4 is 0 Å². The van der Waals surface area contributed by atoms with E-state index in [9.17, 15) is 9.59 Å². The van der Waals surface area contributed by atoms with Gasteiger partial charge in [0.1, 0.15) is 6.10 Å². The molecule has 0 radical (unpaired) electrons. The molecular weight excluding hydrogens is 356 g/mol. The van der Waals surface area contributed by atoms with Crippen LogP contribution in [0.1, 0.15) is 22.5 Å². The van der Waals surface area contributed by atoms with Gasteiger partial charge in [-0.25, -0.2) is 0 Å². The maximum atomic E-state index is 12.3. The SMILES string of the molecule is O=C(c1ccc(Br)s1)N1CCN(C(=O)C2CCCO2)CC1. The molecular formula is C14H17BrN2O3S. The third-order valence-corrected chi connectivity index (χ3v) is 5.48. The van der Waals surface area contributed by atoms with Gasteiger partial charge in [-0.15, -0.1) is 11.3 Å². The van der Waals surface area contributed by atoms with Gasteiger partial charge in [0.2, 0.25) is 0 Å². The van der Waals surface area contributed by atoms with Crippen molar-refractivity contribution >= 4 is 39.1 Å². The molecule has 1 aromatic rings. The quantitative estimate of drug-likeness (QED) is 0.797. The molecule has 0 saturated carbocycles. The Morgan fingerprint density at radius 2 is 1.90 bits per heavy atom. The number of nitrogens with zero attached hydrogens (tertiary/aromatic N) is 2. The zero-order chi connectivity index (χ0) is 14.8. The third kappa shape index (κ3) is 3.30. The van der Waals surface area contributed by atoms with Crippen LogP contribution in [0.15, 0.2) is 15.9 Å². The lowest BCUT2D eigenvalue weighted by atomic mass is 10.2. The first-order valence-electron chi connectivity index (χ1n) is 7.10. The standard InChI is InChI=1S/C14H17BrN2O3S/c15-12-4-3-11(21-12)14(19)17-7-5-16(6-8-17)13(18)10-2-1-9-20-10/h3-4,10H,1-2,5-9H2. The van der Waals surface area contributed by atoms with Crippen molar-refractivity contribution in [3.05, 3.63) is 20.8 Å². The summed E-state index contributed by atoms with van der Waals surface area (Å²) in [7, 11) is 0. The van der Waals surface area contributed by atoms with Gasteiger partial charge in [-0.1, -0.05) is 0 Å². The average molecular weight is 373 g/mol. The molecule has 7 heteroatoms. The van der Waals surface area contributed by atoms with Crippen LogP contribution in [0.25, 0.3) is 0 Å². The van der Waals surface area contributed by atoms with E-state index in [0.29, 0.717) is 32.8 Å². The number of halogens is 1. The predicted molar refractivity (Wildman–Crippen MR) is 83.5 cm³/mol. The summed E-state index contributed by atoms with van der Waals surface area (Å²) in [5.74, 6) is 0.133. The molecule has 0 aromatic carbocycles. The molecule has 114 valence electrons. The van der Waals surface area contributed by atoms with Gasteiger partial charge in [-0.3, -0.25) is 9.59 Å². The number of amides is 2. The molecule has 21 heavy (non-hydrogen) atoms. The summed E-state index contributed by atoms with van der Waals surface area (Å²) in [4.78, 5) is 29.0. The van der Waals surface area contributed by atoms with E-state index in [2.05, 4.69) is 15.9 Å². The highest BCUT2D eigenvalue weighted by atomic mass is 79.9. The number of hydrogen-bond acceptors (Lipinski definition) is 4. The normalized spacial score (nSPS) is 22.6. The number of hydrogen-bond donors (Lipinski definition) is 0. The largest absolute Gasteiger partial charge is 0.368 e. The van der Waals surface area contributed by atoms with E-state index >= 15 is 0 Å². The average Bonchev–Trinajstić information content (AvgIpc) is 3.17. The molecule has 2 aliphatic heterocycles. The van der Waals surface area contributed by atoms with Crippen molar-refractivity contribution in [1.29, 1.82) is 0 Å². The second-order valence-electron chi connectivity index (χ2n) is 5.22. The molecule has 0 spiro atoms. The molecule has 0 aliphatic carbocycles. The van der Waals surface area contributed by atoms with Crippen molar-refractivity contribution in [1.82, 2.24) is 9.80 Å². The smallest absolute Gasteiger partial charge is 0.264 e. The fourth-order valence-electron chi connectivity index (χ4n) is 2.69. The molecule has 3 rings (SSSR count). The Balaban J connectivity index is 1.55. The molecule has 1 atom stereocenters. The van der Waals surface area contributed by atoms with Gasteiger partial charge < -0.3 is 14.5 Å². The lowest BCUT2D eigenvalue weighted by Crippen LogP contribution is -2.52. The summed E-state index contributed by atoms with van der Waals surface area (Å²) in [6.07, 6.45) is 1.52. The minimum Gasteiger partial charge on any atom is -0.368 e. The van der Waals surface area contributed by atoms with Crippen LogP contribution in [-0.4, -0.2) is 60.5 Å². The zero-order valence-corrected chi connectivity index (χ0v) is 14.0. The highest BCUT2D eigenvalue weighted by molar-refractivity contribution is 9.11. The topological polar surface area (TPSA) is 49.9 Å². The van der Waals surface area contributed by atoms with Crippen LogP contribution in [0, 0.1) is 0 Å². The Hall–Kier alpha value is -0.920. The molecule has 0 bridgehead atoms. The lowest BCUT2D eigenvalue weighted by molar-refractivity contribution is -0.142. The van der Waals surface area contributed by atoms with Crippen LogP contribution in [0.5, 0.6) is 0 Å². The number of rotatable bonds is 2. The molecule has 1 unspecified atom stereocenters. The van der Waals surface area contributed by atoms with E-state index in [-0.39, 0.29) is 17.9 Å². The Bertz CT molecular complexity index is 534. The van der Waals surface area contributed by atoms with Crippen LogP contribution >= 0.6 is 27.3 Å². The number of thiophene rings is 1. The summed E-state index contributed by atoms with van der Waals surface area (Å²) in [5.41, 5.74) is 0. The van der Waals surface area contributed by atoms with Gasteiger partial charge >= 0.3 is 0 Å². The Kier molecular flexibility index (Phi) is 4.61. The molecule has 2 saturated heterocycles. The fourth-order valence-corrected chi connectivity index (χ4v) is 4.05. The van der Waals surface area contributed by atoms with Crippen molar-refractivity contribution in [2.45, 2.75) is 18.9 Å². The molecule has 0 N–H and O–H groups in total. The summed E-state index contributed by atoms with van der Waals surface area (Å²) >= 11 is 4.81. The van der Waals surface area contributed by atoms with Crippen LogP contribution in [0.3, 0.4) is 0 Å². The van der Waals surface area contributed by atoms with Crippen molar-refractivity contribution in [2.24, 2.45) is 0 Å². The number of piperazine rings is 1. The number of ether oxygens (including phenoxy) is 1. The molecule has 5 nitrogen and oxygen atoms in total. The van der Waals surface area contributed by atoms with Gasteiger partial charge in [0.15, 0.2) is 0 Å². The summed E-state index contributed by atoms with van der Waals surface area (Å²) in [6, 6.07) is 3.72. The Labute approximate surface area is 136 Å². The number of carbonyl (C=O) groups is 2. The first kappa shape index (κ1) is 15.0. The van der Waals surface area contributed by atoms with Gasteiger partial charge in [0.05, 0.1) is 8.66 Å². The first-order chi connectivity index (χ1) is 10.1. The second kappa shape index (κ2) is 6.46. The van der Waals surface area contributed by atoms with E-state index in [1.165, 1.54) is 11.3 Å². The maximum Gasteiger partial charge on any atom is 0.264 e. The third-order valence-electron chi connectivity index (χ3n) is 3.87. The number of carbonyl (C=O) groups excluding carboxylic acids is 2. The molecule has 2 fully saturated rings. The van der Waals surface area contributed by atoms with E-state index in [1.807, 2.05) is 21.9 Å². The summed E-state index contributed by atoms with van der Waals surface area (Å²) in [6.45, 7) is 3.05. The first-order valence-corrected chi connectivity index (χ1v) is 8.71. The van der Waals surface area contributed by atoms with Crippen LogP contribution in [-0.2, 0) is 9.53 Å². The second-order valence-corrected chi connectivity index (χ2v) is 7.69. The van der Waals surface area contributed by atoms with E-state index < -0.39 is 0 Å². The van der Waals surface area contributed by atoms with Gasteiger partial charge in [-0.2, -0.15) is 0 Å².